The molecule has 4 nitrogen and oxygen atoms in total. The number of nitrogens with zero attached hydrogens (tertiary/aromatic N) is 1. The molecule has 0 aliphatic carbocycles. The van der Waals surface area contributed by atoms with Crippen molar-refractivity contribution in [2.75, 3.05) is 11.9 Å². The molecule has 1 amide bonds. The van der Waals surface area contributed by atoms with E-state index < -0.39 is 0 Å². The van der Waals surface area contributed by atoms with Gasteiger partial charge in [-0.05, 0) is 53.5 Å². The van der Waals surface area contributed by atoms with Crippen molar-refractivity contribution in [1.82, 2.24) is 4.98 Å². The second kappa shape index (κ2) is 6.47. The average Bonchev–Trinajstić information content (AvgIpc) is 2.82. The lowest BCUT2D eigenvalue weighted by atomic mass is 10.1. The first-order chi connectivity index (χ1) is 9.51. The Morgan fingerprint density at radius 3 is 2.85 bits per heavy atom. The van der Waals surface area contributed by atoms with Crippen LogP contribution in [0, 0.1) is 13.8 Å². The van der Waals surface area contributed by atoms with Gasteiger partial charge in [-0.1, -0.05) is 6.07 Å². The van der Waals surface area contributed by atoms with Crippen LogP contribution >= 0.6 is 27.3 Å². The molecule has 0 spiro atoms. The highest BCUT2D eigenvalue weighted by Gasteiger charge is 2.14. The van der Waals surface area contributed by atoms with Gasteiger partial charge in [0.25, 0.3) is 5.91 Å². The zero-order valence-electron chi connectivity index (χ0n) is 11.4. The fourth-order valence-electron chi connectivity index (χ4n) is 1.91. The van der Waals surface area contributed by atoms with Gasteiger partial charge in [0.1, 0.15) is 5.69 Å². The molecule has 1 aromatic heterocycles. The molecule has 6 heteroatoms. The Hall–Kier alpha value is -1.24. The van der Waals surface area contributed by atoms with Crippen LogP contribution in [0.1, 0.15) is 26.6 Å². The van der Waals surface area contributed by atoms with Gasteiger partial charge in [-0.15, -0.1) is 11.3 Å². The van der Waals surface area contributed by atoms with E-state index in [9.17, 15) is 4.79 Å². The summed E-state index contributed by atoms with van der Waals surface area (Å²) in [5, 5.41) is 5.55. The molecule has 0 saturated carbocycles. The number of amides is 1. The number of anilines is 1. The number of benzene rings is 1. The lowest BCUT2D eigenvalue weighted by molar-refractivity contribution is 0.102. The number of hydrogen-bond acceptors (Lipinski definition) is 4. The van der Waals surface area contributed by atoms with E-state index in [1.807, 2.05) is 26.0 Å². The number of carbonyl (C=O) groups is 1. The summed E-state index contributed by atoms with van der Waals surface area (Å²) in [6.07, 6.45) is 0.700. The van der Waals surface area contributed by atoms with E-state index >= 15 is 0 Å². The highest BCUT2D eigenvalue weighted by molar-refractivity contribution is 9.10. The normalized spacial score (nSPS) is 10.6. The molecule has 2 aromatic rings. The van der Waals surface area contributed by atoms with Crippen molar-refractivity contribution in [3.8, 4) is 0 Å². The van der Waals surface area contributed by atoms with Gasteiger partial charge in [0.15, 0.2) is 0 Å². The molecule has 0 fully saturated rings. The van der Waals surface area contributed by atoms with E-state index in [4.69, 9.17) is 5.73 Å². The van der Waals surface area contributed by atoms with Crippen LogP contribution in [-0.2, 0) is 6.42 Å². The maximum atomic E-state index is 12.2. The summed E-state index contributed by atoms with van der Waals surface area (Å²) in [7, 11) is 0. The van der Waals surface area contributed by atoms with Crippen LogP contribution in [0.4, 0.5) is 5.69 Å². The number of hydrogen-bond donors (Lipinski definition) is 2. The predicted octanol–water partition coefficient (Wildman–Crippen LogP) is 3.28. The van der Waals surface area contributed by atoms with Crippen LogP contribution in [-0.4, -0.2) is 17.4 Å². The molecule has 1 heterocycles. The van der Waals surface area contributed by atoms with Crippen LogP contribution in [0.3, 0.4) is 0 Å². The lowest BCUT2D eigenvalue weighted by Crippen LogP contribution is -2.14. The second-order valence-electron chi connectivity index (χ2n) is 4.56. The Kier molecular flexibility index (Phi) is 4.91. The molecule has 3 N–H and O–H groups in total. The minimum atomic E-state index is -0.197. The zero-order chi connectivity index (χ0) is 14.7. The van der Waals surface area contributed by atoms with Crippen molar-refractivity contribution >= 4 is 38.9 Å². The zero-order valence-corrected chi connectivity index (χ0v) is 13.8. The maximum Gasteiger partial charge on any atom is 0.275 e. The van der Waals surface area contributed by atoms with Crippen molar-refractivity contribution in [1.29, 1.82) is 0 Å². The monoisotopic (exact) mass is 353 g/mol. The van der Waals surface area contributed by atoms with E-state index in [0.717, 1.165) is 26.3 Å². The van der Waals surface area contributed by atoms with Crippen LogP contribution in [0.25, 0.3) is 0 Å². The summed E-state index contributed by atoms with van der Waals surface area (Å²) in [4.78, 5) is 16.5. The minimum Gasteiger partial charge on any atom is -0.330 e. The molecule has 0 radical (unpaired) electrons. The standard InChI is InChI=1S/C14H16BrN3OS/c1-8-5-9(2)13(10(15)6-8)18-14(19)11-7-20-12(17-11)3-4-16/h5-7H,3-4,16H2,1-2H3,(H,18,19). The maximum absolute atomic E-state index is 12.2. The first-order valence-corrected chi connectivity index (χ1v) is 7.91. The average molecular weight is 354 g/mol. The molecule has 0 aliphatic rings. The molecule has 2 rings (SSSR count). The summed E-state index contributed by atoms with van der Waals surface area (Å²) < 4.78 is 0.876. The van der Waals surface area contributed by atoms with Gasteiger partial charge in [0.2, 0.25) is 0 Å². The quantitative estimate of drug-likeness (QED) is 0.886. The largest absolute Gasteiger partial charge is 0.330 e. The summed E-state index contributed by atoms with van der Waals surface area (Å²) in [5.41, 5.74) is 8.87. The molecule has 0 bridgehead atoms. The number of aryl methyl sites for hydroxylation is 2. The predicted molar refractivity (Wildman–Crippen MR) is 86.4 cm³/mol. The second-order valence-corrected chi connectivity index (χ2v) is 6.35. The Labute approximate surface area is 130 Å². The highest BCUT2D eigenvalue weighted by Crippen LogP contribution is 2.28. The summed E-state index contributed by atoms with van der Waals surface area (Å²) in [6.45, 7) is 4.52. The first-order valence-electron chi connectivity index (χ1n) is 6.24. The van der Waals surface area contributed by atoms with Gasteiger partial charge in [-0.3, -0.25) is 4.79 Å². The Morgan fingerprint density at radius 2 is 2.20 bits per heavy atom. The van der Waals surface area contributed by atoms with Crippen molar-refractivity contribution in [2.24, 2.45) is 5.73 Å². The van der Waals surface area contributed by atoms with Gasteiger partial charge < -0.3 is 11.1 Å². The van der Waals surface area contributed by atoms with Crippen LogP contribution in [0.5, 0.6) is 0 Å². The van der Waals surface area contributed by atoms with Gasteiger partial charge >= 0.3 is 0 Å². The summed E-state index contributed by atoms with van der Waals surface area (Å²) in [6, 6.07) is 4.00. The van der Waals surface area contributed by atoms with E-state index in [1.165, 1.54) is 11.3 Å². The smallest absolute Gasteiger partial charge is 0.275 e. The molecule has 1 aromatic carbocycles. The minimum absolute atomic E-state index is 0.197. The number of carbonyl (C=O) groups excluding carboxylic acids is 1. The number of aromatic nitrogens is 1. The fraction of sp³-hybridized carbons (Fsp3) is 0.286. The van der Waals surface area contributed by atoms with Crippen molar-refractivity contribution in [3.05, 3.63) is 43.8 Å². The van der Waals surface area contributed by atoms with Gasteiger partial charge in [0, 0.05) is 16.3 Å². The molecule has 0 unspecified atom stereocenters. The van der Waals surface area contributed by atoms with E-state index in [-0.39, 0.29) is 5.91 Å². The van der Waals surface area contributed by atoms with Crippen LogP contribution in [0.15, 0.2) is 22.0 Å². The third-order valence-corrected chi connectivity index (χ3v) is 4.35. The molecule has 0 aliphatic heterocycles. The number of nitrogens with one attached hydrogen (secondary N) is 1. The molecule has 0 saturated heterocycles. The first kappa shape index (κ1) is 15.2. The Bertz CT molecular complexity index is 616. The number of nitrogens with two attached hydrogens (primary N) is 1. The SMILES string of the molecule is Cc1cc(C)c(NC(=O)c2csc(CCN)n2)c(Br)c1. The topological polar surface area (TPSA) is 68.0 Å². The van der Waals surface area contributed by atoms with E-state index in [2.05, 4.69) is 26.2 Å². The fourth-order valence-corrected chi connectivity index (χ4v) is 3.47. The molecule has 20 heavy (non-hydrogen) atoms. The van der Waals surface area contributed by atoms with Crippen LogP contribution in [0.2, 0.25) is 0 Å². The van der Waals surface area contributed by atoms with Crippen molar-refractivity contribution in [2.45, 2.75) is 20.3 Å². The van der Waals surface area contributed by atoms with Crippen molar-refractivity contribution in [3.63, 3.8) is 0 Å². The number of rotatable bonds is 4. The molecular weight excluding hydrogens is 338 g/mol. The van der Waals surface area contributed by atoms with Gasteiger partial charge in [0.05, 0.1) is 10.7 Å². The van der Waals surface area contributed by atoms with Gasteiger partial charge in [-0.25, -0.2) is 4.98 Å². The molecule has 106 valence electrons. The van der Waals surface area contributed by atoms with E-state index in [1.54, 1.807) is 5.38 Å². The van der Waals surface area contributed by atoms with Gasteiger partial charge in [-0.2, -0.15) is 0 Å². The third kappa shape index (κ3) is 3.45. The third-order valence-electron chi connectivity index (χ3n) is 2.81. The lowest BCUT2D eigenvalue weighted by Gasteiger charge is -2.10. The Morgan fingerprint density at radius 1 is 1.45 bits per heavy atom. The summed E-state index contributed by atoms with van der Waals surface area (Å²) >= 11 is 4.94. The van der Waals surface area contributed by atoms with Crippen molar-refractivity contribution < 1.29 is 4.79 Å². The number of thiazole rings is 1. The number of halogens is 1. The van der Waals surface area contributed by atoms with Crippen LogP contribution < -0.4 is 11.1 Å². The van der Waals surface area contributed by atoms with E-state index in [0.29, 0.717) is 18.7 Å². The summed E-state index contributed by atoms with van der Waals surface area (Å²) in [5.74, 6) is -0.197. The highest BCUT2D eigenvalue weighted by atomic mass is 79.9. The Balaban J connectivity index is 2.19. The molecular formula is C14H16BrN3OS. The molecule has 0 atom stereocenters.